The van der Waals surface area contributed by atoms with Crippen LogP contribution in [-0.4, -0.2) is 46.6 Å². The molecule has 0 spiro atoms. The number of nitrogens with one attached hydrogen (secondary N) is 1. The summed E-state index contributed by atoms with van der Waals surface area (Å²) >= 11 is 0. The second-order valence-electron chi connectivity index (χ2n) is 6.64. The normalized spacial score (nSPS) is 17.9. The van der Waals surface area contributed by atoms with Gasteiger partial charge in [-0.1, -0.05) is 6.07 Å². The van der Waals surface area contributed by atoms with Gasteiger partial charge in [0.2, 0.25) is 0 Å². The lowest BCUT2D eigenvalue weighted by Crippen LogP contribution is -2.53. The van der Waals surface area contributed by atoms with Crippen molar-refractivity contribution >= 4 is 16.7 Å². The molecule has 0 radical (unpaired) electrons. The van der Waals surface area contributed by atoms with Crippen molar-refractivity contribution < 1.29 is 0 Å². The van der Waals surface area contributed by atoms with Crippen LogP contribution in [0.2, 0.25) is 0 Å². The molecule has 0 saturated carbocycles. The van der Waals surface area contributed by atoms with Crippen molar-refractivity contribution in [3.8, 4) is 0 Å². The van der Waals surface area contributed by atoms with E-state index in [0.29, 0.717) is 0 Å². The number of aromatic amines is 1. The van der Waals surface area contributed by atoms with Gasteiger partial charge in [-0.05, 0) is 39.8 Å². The number of H-pyrrole nitrogens is 1. The Morgan fingerprint density at radius 3 is 2.45 bits per heavy atom. The smallest absolute Gasteiger partial charge is 0.112 e. The van der Waals surface area contributed by atoms with E-state index in [2.05, 4.69) is 58.7 Å². The topological polar surface area (TPSA) is 35.2 Å². The van der Waals surface area contributed by atoms with E-state index in [0.717, 1.165) is 43.0 Å². The average Bonchev–Trinajstić information content (AvgIpc) is 2.78. The Labute approximate surface area is 120 Å². The number of nitrogens with zero attached hydrogens (tertiary/aromatic N) is 3. The highest BCUT2D eigenvalue weighted by Crippen LogP contribution is 2.27. The van der Waals surface area contributed by atoms with E-state index < -0.39 is 0 Å². The third-order valence-corrected chi connectivity index (χ3v) is 4.18. The van der Waals surface area contributed by atoms with E-state index in [4.69, 9.17) is 0 Å². The van der Waals surface area contributed by atoms with Crippen molar-refractivity contribution in [1.29, 1.82) is 0 Å². The Balaban J connectivity index is 1.83. The van der Waals surface area contributed by atoms with E-state index in [1.54, 1.807) is 0 Å². The second-order valence-corrected chi connectivity index (χ2v) is 6.64. The zero-order chi connectivity index (χ0) is 14.3. The van der Waals surface area contributed by atoms with E-state index in [-0.39, 0.29) is 5.54 Å². The molecule has 1 aromatic heterocycles. The lowest BCUT2D eigenvalue weighted by Gasteiger charge is -2.43. The zero-order valence-corrected chi connectivity index (χ0v) is 12.9. The standard InChI is InChI=1S/C16H24N4/c1-12-17-13-6-5-7-14(15(13)18-12)19-8-10-20(11-9-19)16(2,3)4/h5-7H,8-11H2,1-4H3,(H,17,18). The molecule has 108 valence electrons. The Morgan fingerprint density at radius 2 is 1.80 bits per heavy atom. The van der Waals surface area contributed by atoms with Crippen LogP contribution in [-0.2, 0) is 0 Å². The first-order chi connectivity index (χ1) is 9.45. The minimum absolute atomic E-state index is 0.265. The van der Waals surface area contributed by atoms with Crippen LogP contribution >= 0.6 is 0 Å². The number of aryl methyl sites for hydroxylation is 1. The van der Waals surface area contributed by atoms with E-state index >= 15 is 0 Å². The lowest BCUT2D eigenvalue weighted by molar-refractivity contribution is 0.128. The van der Waals surface area contributed by atoms with Crippen molar-refractivity contribution in [1.82, 2.24) is 14.9 Å². The van der Waals surface area contributed by atoms with Crippen LogP contribution in [0.4, 0.5) is 5.69 Å². The molecule has 1 aliphatic heterocycles. The molecular formula is C16H24N4. The van der Waals surface area contributed by atoms with E-state index in [1.807, 2.05) is 6.92 Å². The average molecular weight is 272 g/mol. The summed E-state index contributed by atoms with van der Waals surface area (Å²) in [6.07, 6.45) is 0. The minimum Gasteiger partial charge on any atom is -0.367 e. The summed E-state index contributed by atoms with van der Waals surface area (Å²) in [6, 6.07) is 6.41. The number of piperazine rings is 1. The second kappa shape index (κ2) is 4.77. The number of fused-ring (bicyclic) bond motifs is 1. The highest BCUT2D eigenvalue weighted by atomic mass is 15.3. The third kappa shape index (κ3) is 2.40. The van der Waals surface area contributed by atoms with Gasteiger partial charge in [0, 0.05) is 31.7 Å². The molecule has 2 aromatic rings. The molecule has 0 amide bonds. The fraction of sp³-hybridized carbons (Fsp3) is 0.562. The van der Waals surface area contributed by atoms with Gasteiger partial charge in [0.05, 0.1) is 11.2 Å². The number of para-hydroxylation sites is 1. The Bertz CT molecular complexity index is 600. The summed E-state index contributed by atoms with van der Waals surface area (Å²) in [5, 5.41) is 0. The maximum atomic E-state index is 4.65. The number of hydrogen-bond donors (Lipinski definition) is 1. The van der Waals surface area contributed by atoms with Gasteiger partial charge >= 0.3 is 0 Å². The fourth-order valence-electron chi connectivity index (χ4n) is 3.01. The van der Waals surface area contributed by atoms with Gasteiger partial charge in [-0.3, -0.25) is 4.90 Å². The number of hydrogen-bond acceptors (Lipinski definition) is 3. The van der Waals surface area contributed by atoms with Crippen LogP contribution in [0.3, 0.4) is 0 Å². The van der Waals surface area contributed by atoms with Crippen LogP contribution < -0.4 is 4.90 Å². The first-order valence-corrected chi connectivity index (χ1v) is 7.40. The molecule has 0 unspecified atom stereocenters. The van der Waals surface area contributed by atoms with Crippen molar-refractivity contribution in [3.05, 3.63) is 24.0 Å². The highest BCUT2D eigenvalue weighted by molar-refractivity contribution is 5.88. The molecule has 1 N–H and O–H groups in total. The molecular weight excluding hydrogens is 248 g/mol. The molecule has 3 rings (SSSR count). The quantitative estimate of drug-likeness (QED) is 0.867. The summed E-state index contributed by atoms with van der Waals surface area (Å²) in [5.74, 6) is 0.987. The number of imidazole rings is 1. The van der Waals surface area contributed by atoms with E-state index in [1.165, 1.54) is 5.69 Å². The third-order valence-electron chi connectivity index (χ3n) is 4.18. The minimum atomic E-state index is 0.265. The maximum absolute atomic E-state index is 4.65. The van der Waals surface area contributed by atoms with Crippen LogP contribution in [0.25, 0.3) is 11.0 Å². The van der Waals surface area contributed by atoms with Crippen molar-refractivity contribution in [2.75, 3.05) is 31.1 Å². The van der Waals surface area contributed by atoms with Crippen molar-refractivity contribution in [2.45, 2.75) is 33.2 Å². The summed E-state index contributed by atoms with van der Waals surface area (Å²) in [4.78, 5) is 13.0. The molecule has 1 aliphatic rings. The fourth-order valence-corrected chi connectivity index (χ4v) is 3.01. The molecule has 4 heteroatoms. The predicted octanol–water partition coefficient (Wildman–Crippen LogP) is 2.79. The molecule has 2 heterocycles. The molecule has 0 aliphatic carbocycles. The first-order valence-electron chi connectivity index (χ1n) is 7.40. The van der Waals surface area contributed by atoms with Gasteiger partial charge in [-0.25, -0.2) is 4.98 Å². The Morgan fingerprint density at radius 1 is 1.10 bits per heavy atom. The zero-order valence-electron chi connectivity index (χ0n) is 12.9. The molecule has 0 atom stereocenters. The predicted molar refractivity (Wildman–Crippen MR) is 84.4 cm³/mol. The summed E-state index contributed by atoms with van der Waals surface area (Å²) in [5.41, 5.74) is 3.77. The van der Waals surface area contributed by atoms with Gasteiger partial charge in [-0.2, -0.15) is 0 Å². The van der Waals surface area contributed by atoms with Crippen LogP contribution in [0.1, 0.15) is 26.6 Å². The van der Waals surface area contributed by atoms with Crippen molar-refractivity contribution in [3.63, 3.8) is 0 Å². The monoisotopic (exact) mass is 272 g/mol. The number of benzene rings is 1. The molecule has 1 fully saturated rings. The Kier molecular flexibility index (Phi) is 3.21. The molecule has 4 nitrogen and oxygen atoms in total. The van der Waals surface area contributed by atoms with E-state index in [9.17, 15) is 0 Å². The van der Waals surface area contributed by atoms with Crippen LogP contribution in [0, 0.1) is 6.92 Å². The van der Waals surface area contributed by atoms with Crippen LogP contribution in [0.5, 0.6) is 0 Å². The SMILES string of the molecule is Cc1nc2c(N3CCN(C(C)(C)C)CC3)cccc2[nH]1. The number of anilines is 1. The lowest BCUT2D eigenvalue weighted by atomic mass is 10.0. The first kappa shape index (κ1) is 13.4. The van der Waals surface area contributed by atoms with Crippen molar-refractivity contribution in [2.24, 2.45) is 0 Å². The summed E-state index contributed by atoms with van der Waals surface area (Å²) in [7, 11) is 0. The van der Waals surface area contributed by atoms with Crippen LogP contribution in [0.15, 0.2) is 18.2 Å². The molecule has 1 aromatic carbocycles. The maximum Gasteiger partial charge on any atom is 0.112 e. The molecule has 0 bridgehead atoms. The van der Waals surface area contributed by atoms with Gasteiger partial charge in [0.25, 0.3) is 0 Å². The summed E-state index contributed by atoms with van der Waals surface area (Å²) in [6.45, 7) is 13.3. The van der Waals surface area contributed by atoms with Gasteiger partial charge in [0.15, 0.2) is 0 Å². The number of aromatic nitrogens is 2. The summed E-state index contributed by atoms with van der Waals surface area (Å²) < 4.78 is 0. The number of rotatable bonds is 1. The molecule has 20 heavy (non-hydrogen) atoms. The molecule has 1 saturated heterocycles. The highest BCUT2D eigenvalue weighted by Gasteiger charge is 2.26. The van der Waals surface area contributed by atoms with Gasteiger partial charge in [0.1, 0.15) is 11.3 Å². The van der Waals surface area contributed by atoms with Gasteiger partial charge < -0.3 is 9.88 Å². The van der Waals surface area contributed by atoms with Gasteiger partial charge in [-0.15, -0.1) is 0 Å². The Hall–Kier alpha value is -1.55. The largest absolute Gasteiger partial charge is 0.367 e.